The summed E-state index contributed by atoms with van der Waals surface area (Å²) in [6.07, 6.45) is 4.49. The first-order chi connectivity index (χ1) is 8.63. The van der Waals surface area contributed by atoms with Gasteiger partial charge >= 0.3 is 0 Å². The summed E-state index contributed by atoms with van der Waals surface area (Å²) in [6, 6.07) is 3.51. The molecule has 2 aliphatic rings. The summed E-state index contributed by atoms with van der Waals surface area (Å²) in [5, 5.41) is 3.63. The van der Waals surface area contributed by atoms with Gasteiger partial charge in [0.1, 0.15) is 0 Å². The topological polar surface area (TPSA) is 21.3 Å². The van der Waals surface area contributed by atoms with Gasteiger partial charge in [-0.3, -0.25) is 0 Å². The van der Waals surface area contributed by atoms with E-state index in [9.17, 15) is 0 Å². The number of rotatable bonds is 1. The highest BCUT2D eigenvalue weighted by atomic mass is 32.1. The lowest BCUT2D eigenvalue weighted by Crippen LogP contribution is -2.52. The summed E-state index contributed by atoms with van der Waals surface area (Å²) in [7, 11) is 0. The number of nitrogens with one attached hydrogen (secondary N) is 1. The van der Waals surface area contributed by atoms with Crippen molar-refractivity contribution < 1.29 is 4.74 Å². The third-order valence-electron chi connectivity index (χ3n) is 4.25. The molecule has 1 aromatic rings. The zero-order valence-corrected chi connectivity index (χ0v) is 12.4. The van der Waals surface area contributed by atoms with Crippen LogP contribution >= 0.6 is 11.3 Å². The molecule has 3 rings (SSSR count). The van der Waals surface area contributed by atoms with Crippen LogP contribution in [0.1, 0.15) is 48.9 Å². The minimum atomic E-state index is 0.00157. The van der Waals surface area contributed by atoms with Gasteiger partial charge in [0.2, 0.25) is 0 Å². The summed E-state index contributed by atoms with van der Waals surface area (Å²) >= 11 is 2.00. The maximum absolute atomic E-state index is 6.30. The maximum Gasteiger partial charge on any atom is 0.0971 e. The first-order valence-electron chi connectivity index (χ1n) is 7.15. The molecule has 3 heterocycles. The number of thiophene rings is 1. The van der Waals surface area contributed by atoms with E-state index in [-0.39, 0.29) is 5.60 Å². The monoisotopic (exact) mass is 265 g/mol. The molecule has 2 nitrogen and oxygen atoms in total. The minimum absolute atomic E-state index is 0.00157. The van der Waals surface area contributed by atoms with Crippen LogP contribution in [0.15, 0.2) is 6.07 Å². The molecular weight excluding hydrogens is 242 g/mol. The molecule has 0 aliphatic carbocycles. The predicted octanol–water partition coefficient (Wildman–Crippen LogP) is 3.24. The molecule has 1 spiro atoms. The summed E-state index contributed by atoms with van der Waals surface area (Å²) < 4.78 is 6.30. The van der Waals surface area contributed by atoms with Crippen molar-refractivity contribution in [1.82, 2.24) is 5.32 Å². The number of fused-ring (bicyclic) bond motifs is 2. The fourth-order valence-electron chi connectivity index (χ4n) is 3.66. The van der Waals surface area contributed by atoms with Gasteiger partial charge < -0.3 is 10.1 Å². The van der Waals surface area contributed by atoms with Crippen LogP contribution in [0.25, 0.3) is 0 Å². The van der Waals surface area contributed by atoms with Gasteiger partial charge in [-0.1, -0.05) is 6.92 Å². The average Bonchev–Trinajstić information content (AvgIpc) is 2.72. The fraction of sp³-hybridized carbons (Fsp3) is 0.733. The zero-order valence-electron chi connectivity index (χ0n) is 11.6. The largest absolute Gasteiger partial charge is 0.370 e. The highest BCUT2D eigenvalue weighted by molar-refractivity contribution is 7.12. The first-order valence-corrected chi connectivity index (χ1v) is 7.96. The second kappa shape index (κ2) is 4.62. The molecule has 1 saturated heterocycles. The van der Waals surface area contributed by atoms with E-state index in [0.717, 1.165) is 32.3 Å². The second-order valence-corrected chi connectivity index (χ2v) is 7.09. The van der Waals surface area contributed by atoms with E-state index in [1.165, 1.54) is 10.4 Å². The van der Waals surface area contributed by atoms with Crippen molar-refractivity contribution in [3.8, 4) is 0 Å². The van der Waals surface area contributed by atoms with Crippen LogP contribution in [0.4, 0.5) is 0 Å². The fourth-order valence-corrected chi connectivity index (χ4v) is 4.84. The quantitative estimate of drug-likeness (QED) is 0.841. The van der Waals surface area contributed by atoms with Crippen molar-refractivity contribution in [2.24, 2.45) is 0 Å². The molecule has 3 atom stereocenters. The summed E-state index contributed by atoms with van der Waals surface area (Å²) in [5.41, 5.74) is 1.51. The molecular formula is C15H23NOS. The van der Waals surface area contributed by atoms with E-state index in [1.807, 2.05) is 11.3 Å². The first kappa shape index (κ1) is 12.6. The van der Waals surface area contributed by atoms with Gasteiger partial charge in [-0.25, -0.2) is 0 Å². The van der Waals surface area contributed by atoms with Gasteiger partial charge in [-0.2, -0.15) is 0 Å². The molecule has 2 aliphatic heterocycles. The smallest absolute Gasteiger partial charge is 0.0971 e. The summed E-state index contributed by atoms with van der Waals surface area (Å²) in [5.74, 6) is 0. The van der Waals surface area contributed by atoms with Crippen LogP contribution in [0, 0.1) is 0 Å². The lowest BCUT2D eigenvalue weighted by atomic mass is 9.77. The highest BCUT2D eigenvalue weighted by Crippen LogP contribution is 2.45. The molecule has 3 heteroatoms. The van der Waals surface area contributed by atoms with Gasteiger partial charge in [0, 0.05) is 28.3 Å². The SMILES string of the molecule is CCc1cc2c(s1)CCOC21C[C@@H](C)N[C@@H](C)C1. The van der Waals surface area contributed by atoms with Crippen LogP contribution in [0.3, 0.4) is 0 Å². The molecule has 0 radical (unpaired) electrons. The molecule has 0 bridgehead atoms. The molecule has 0 saturated carbocycles. The van der Waals surface area contributed by atoms with Gasteiger partial charge in [0.25, 0.3) is 0 Å². The van der Waals surface area contributed by atoms with Gasteiger partial charge in [-0.15, -0.1) is 11.3 Å². The number of ether oxygens (including phenoxy) is 1. The molecule has 1 unspecified atom stereocenters. The Morgan fingerprint density at radius 1 is 1.39 bits per heavy atom. The van der Waals surface area contributed by atoms with Crippen LogP contribution < -0.4 is 5.32 Å². The molecule has 1 N–H and O–H groups in total. The Morgan fingerprint density at radius 3 is 2.78 bits per heavy atom. The highest BCUT2D eigenvalue weighted by Gasteiger charge is 2.44. The predicted molar refractivity (Wildman–Crippen MR) is 76.3 cm³/mol. The maximum atomic E-state index is 6.30. The number of hydrogen-bond acceptors (Lipinski definition) is 3. The van der Waals surface area contributed by atoms with Crippen molar-refractivity contribution in [2.75, 3.05) is 6.61 Å². The Hall–Kier alpha value is -0.380. The van der Waals surface area contributed by atoms with Crippen molar-refractivity contribution in [3.05, 3.63) is 21.4 Å². The molecule has 1 fully saturated rings. The van der Waals surface area contributed by atoms with Crippen molar-refractivity contribution in [3.63, 3.8) is 0 Å². The van der Waals surface area contributed by atoms with E-state index >= 15 is 0 Å². The molecule has 100 valence electrons. The van der Waals surface area contributed by atoms with E-state index in [1.54, 1.807) is 4.88 Å². The average molecular weight is 265 g/mol. The Labute approximate surface area is 114 Å². The van der Waals surface area contributed by atoms with Crippen LogP contribution in [-0.4, -0.2) is 18.7 Å². The lowest BCUT2D eigenvalue weighted by Gasteiger charge is -2.45. The zero-order chi connectivity index (χ0) is 12.8. The van der Waals surface area contributed by atoms with Gasteiger partial charge in [-0.05, 0) is 44.7 Å². The lowest BCUT2D eigenvalue weighted by molar-refractivity contribution is -0.0953. The summed E-state index contributed by atoms with van der Waals surface area (Å²) in [4.78, 5) is 3.10. The third-order valence-corrected chi connectivity index (χ3v) is 5.59. The summed E-state index contributed by atoms with van der Waals surface area (Å²) in [6.45, 7) is 7.71. The Morgan fingerprint density at radius 2 is 2.11 bits per heavy atom. The molecule has 18 heavy (non-hydrogen) atoms. The van der Waals surface area contributed by atoms with E-state index in [2.05, 4.69) is 32.2 Å². The van der Waals surface area contributed by atoms with Crippen molar-refractivity contribution in [1.29, 1.82) is 0 Å². The van der Waals surface area contributed by atoms with E-state index in [0.29, 0.717) is 12.1 Å². The Kier molecular flexibility index (Phi) is 3.25. The third kappa shape index (κ3) is 2.02. The number of piperidine rings is 1. The normalized spacial score (nSPS) is 35.7. The number of hydrogen-bond donors (Lipinski definition) is 1. The van der Waals surface area contributed by atoms with Crippen LogP contribution in [0.2, 0.25) is 0 Å². The van der Waals surface area contributed by atoms with Crippen LogP contribution in [-0.2, 0) is 23.2 Å². The van der Waals surface area contributed by atoms with Gasteiger partial charge in [0.15, 0.2) is 0 Å². The van der Waals surface area contributed by atoms with E-state index in [4.69, 9.17) is 4.74 Å². The number of aryl methyl sites for hydroxylation is 1. The molecule has 0 aromatic carbocycles. The molecule has 1 aromatic heterocycles. The van der Waals surface area contributed by atoms with Gasteiger partial charge in [0.05, 0.1) is 12.2 Å². The Bertz CT molecular complexity index is 430. The van der Waals surface area contributed by atoms with Crippen molar-refractivity contribution in [2.45, 2.75) is 64.1 Å². The van der Waals surface area contributed by atoms with Crippen LogP contribution in [0.5, 0.6) is 0 Å². The Balaban J connectivity index is 2.00. The second-order valence-electron chi connectivity index (χ2n) is 5.87. The minimum Gasteiger partial charge on any atom is -0.370 e. The van der Waals surface area contributed by atoms with Crippen molar-refractivity contribution >= 4 is 11.3 Å². The standard InChI is InChI=1S/C15H23NOS/c1-4-12-7-13-14(18-12)5-6-17-15(13)8-10(2)16-11(3)9-15/h7,10-11,16H,4-6,8-9H2,1-3H3/t10-,11+,15?. The van der Waals surface area contributed by atoms with E-state index < -0.39 is 0 Å². The molecule has 0 amide bonds.